The number of fused-ring (bicyclic) bond motifs is 1. The van der Waals surface area contributed by atoms with Gasteiger partial charge in [-0.1, -0.05) is 36.4 Å². The number of nitrogens with one attached hydrogen (secondary N) is 1. The molecule has 0 bridgehead atoms. The monoisotopic (exact) mass is 431 g/mol. The zero-order valence-electron chi connectivity index (χ0n) is 17.0. The van der Waals surface area contributed by atoms with Crippen LogP contribution in [0.5, 0.6) is 0 Å². The predicted octanol–water partition coefficient (Wildman–Crippen LogP) is 4.78. The molecule has 0 spiro atoms. The van der Waals surface area contributed by atoms with Gasteiger partial charge in [0.2, 0.25) is 0 Å². The number of para-hydroxylation sites is 1. The summed E-state index contributed by atoms with van der Waals surface area (Å²) in [5, 5.41) is 6.77. The van der Waals surface area contributed by atoms with Crippen molar-refractivity contribution in [3.63, 3.8) is 0 Å². The quantitative estimate of drug-likeness (QED) is 0.426. The largest absolute Gasteiger partial charge is 0.456 e. The third kappa shape index (κ3) is 5.52. The molecule has 0 fully saturated rings. The first-order chi connectivity index (χ1) is 15.1. The Morgan fingerprint density at radius 2 is 1.90 bits per heavy atom. The molecule has 7 heteroatoms. The molecule has 0 saturated carbocycles. The molecular weight excluding hydrogens is 410 g/mol. The Labute approximate surface area is 183 Å². The average molecular weight is 432 g/mol. The second kappa shape index (κ2) is 9.49. The van der Waals surface area contributed by atoms with Gasteiger partial charge in [-0.25, -0.2) is 4.98 Å². The molecule has 0 aliphatic heterocycles. The van der Waals surface area contributed by atoms with Gasteiger partial charge in [-0.3, -0.25) is 14.6 Å². The highest BCUT2D eigenvalue weighted by Crippen LogP contribution is 2.24. The molecule has 0 radical (unpaired) electrons. The van der Waals surface area contributed by atoms with Gasteiger partial charge in [-0.05, 0) is 31.2 Å². The van der Waals surface area contributed by atoms with E-state index in [1.165, 1.54) is 0 Å². The number of aryl methyl sites for hydroxylation is 2. The molecular formula is C24H21N3O3S. The van der Waals surface area contributed by atoms with Crippen molar-refractivity contribution >= 4 is 39.8 Å². The molecule has 31 heavy (non-hydrogen) atoms. The van der Waals surface area contributed by atoms with Crippen molar-refractivity contribution in [2.75, 3.05) is 11.9 Å². The van der Waals surface area contributed by atoms with Gasteiger partial charge in [-0.2, -0.15) is 0 Å². The number of rotatable bonds is 7. The van der Waals surface area contributed by atoms with Crippen LogP contribution in [0.2, 0.25) is 0 Å². The normalized spacial score (nSPS) is 10.7. The maximum Gasteiger partial charge on any atom is 0.306 e. The first-order valence-corrected chi connectivity index (χ1v) is 10.8. The van der Waals surface area contributed by atoms with Crippen LogP contribution < -0.4 is 5.32 Å². The van der Waals surface area contributed by atoms with Crippen LogP contribution in [0.1, 0.15) is 17.1 Å². The van der Waals surface area contributed by atoms with Gasteiger partial charge in [0.05, 0.1) is 22.6 Å². The molecule has 2 aromatic heterocycles. The molecule has 4 rings (SSSR count). The minimum absolute atomic E-state index is 0.164. The standard InChI is InChI=1S/C24H21N3O3S/c1-16-25-22(15-31-16)18-6-4-7-20(13-18)27-23(28)14-30-24(29)12-11-19-10-9-17-5-2-3-8-21(17)26-19/h2-10,13,15H,11-12,14H2,1H3,(H,27,28). The fourth-order valence-corrected chi connectivity index (χ4v) is 3.77. The second-order valence-corrected chi connectivity index (χ2v) is 8.10. The Kier molecular flexibility index (Phi) is 6.33. The van der Waals surface area contributed by atoms with Crippen molar-refractivity contribution in [1.29, 1.82) is 0 Å². The van der Waals surface area contributed by atoms with Crippen LogP contribution in [-0.2, 0) is 20.7 Å². The van der Waals surface area contributed by atoms with Crippen LogP contribution in [0.4, 0.5) is 5.69 Å². The number of benzene rings is 2. The van der Waals surface area contributed by atoms with Gasteiger partial charge < -0.3 is 10.1 Å². The van der Waals surface area contributed by atoms with Crippen LogP contribution >= 0.6 is 11.3 Å². The summed E-state index contributed by atoms with van der Waals surface area (Å²) >= 11 is 1.57. The van der Waals surface area contributed by atoms with Crippen LogP contribution in [0, 0.1) is 6.92 Å². The number of hydrogen-bond donors (Lipinski definition) is 1. The third-order valence-corrected chi connectivity index (χ3v) is 5.44. The fourth-order valence-electron chi connectivity index (χ4n) is 3.15. The lowest BCUT2D eigenvalue weighted by Gasteiger charge is -2.08. The van der Waals surface area contributed by atoms with E-state index < -0.39 is 5.97 Å². The van der Waals surface area contributed by atoms with Crippen molar-refractivity contribution in [1.82, 2.24) is 9.97 Å². The summed E-state index contributed by atoms with van der Waals surface area (Å²) in [6.07, 6.45) is 0.623. The number of hydrogen-bond acceptors (Lipinski definition) is 6. The number of thiazole rings is 1. The summed E-state index contributed by atoms with van der Waals surface area (Å²) in [7, 11) is 0. The number of carbonyl (C=O) groups excluding carboxylic acids is 2. The molecule has 0 atom stereocenters. The molecule has 4 aromatic rings. The lowest BCUT2D eigenvalue weighted by Crippen LogP contribution is -2.21. The minimum Gasteiger partial charge on any atom is -0.456 e. The lowest BCUT2D eigenvalue weighted by molar-refractivity contribution is -0.147. The SMILES string of the molecule is Cc1nc(-c2cccc(NC(=O)COC(=O)CCc3ccc4ccccc4n3)c2)cs1. The summed E-state index contributed by atoms with van der Waals surface area (Å²) < 4.78 is 5.11. The Bertz CT molecular complexity index is 1240. The summed E-state index contributed by atoms with van der Waals surface area (Å²) in [5.74, 6) is -0.819. The highest BCUT2D eigenvalue weighted by molar-refractivity contribution is 7.09. The zero-order chi connectivity index (χ0) is 21.6. The van der Waals surface area contributed by atoms with Crippen LogP contribution in [-0.4, -0.2) is 28.5 Å². The van der Waals surface area contributed by atoms with Gasteiger partial charge in [0.15, 0.2) is 6.61 Å². The lowest BCUT2D eigenvalue weighted by atomic mass is 10.1. The number of pyridine rings is 1. The average Bonchev–Trinajstić information content (AvgIpc) is 3.22. The van der Waals surface area contributed by atoms with Crippen LogP contribution in [0.3, 0.4) is 0 Å². The highest BCUT2D eigenvalue weighted by Gasteiger charge is 2.10. The van der Waals surface area contributed by atoms with Gasteiger partial charge in [0, 0.05) is 34.1 Å². The number of ether oxygens (including phenoxy) is 1. The highest BCUT2D eigenvalue weighted by atomic mass is 32.1. The summed E-state index contributed by atoms with van der Waals surface area (Å²) in [6, 6.07) is 19.1. The summed E-state index contributed by atoms with van der Waals surface area (Å²) in [4.78, 5) is 33.2. The molecule has 156 valence electrons. The van der Waals surface area contributed by atoms with E-state index in [-0.39, 0.29) is 18.9 Å². The maximum absolute atomic E-state index is 12.2. The van der Waals surface area contributed by atoms with Crippen LogP contribution in [0.25, 0.3) is 22.2 Å². The first kappa shape index (κ1) is 20.7. The molecule has 1 N–H and O–H groups in total. The van der Waals surface area contributed by atoms with E-state index in [4.69, 9.17) is 4.74 Å². The van der Waals surface area contributed by atoms with Gasteiger partial charge >= 0.3 is 5.97 Å². The molecule has 0 saturated heterocycles. The minimum atomic E-state index is -0.434. The number of amides is 1. The van der Waals surface area contributed by atoms with E-state index in [1.54, 1.807) is 17.4 Å². The number of aromatic nitrogens is 2. The second-order valence-electron chi connectivity index (χ2n) is 7.04. The van der Waals surface area contributed by atoms with Gasteiger partial charge in [0.1, 0.15) is 0 Å². The van der Waals surface area contributed by atoms with Gasteiger partial charge in [-0.15, -0.1) is 11.3 Å². The molecule has 0 aliphatic carbocycles. The molecule has 2 aromatic carbocycles. The third-order valence-electron chi connectivity index (χ3n) is 4.67. The van der Waals surface area contributed by atoms with E-state index in [9.17, 15) is 9.59 Å². The number of anilines is 1. The smallest absolute Gasteiger partial charge is 0.306 e. The Morgan fingerprint density at radius 3 is 2.74 bits per heavy atom. The Morgan fingerprint density at radius 1 is 1.03 bits per heavy atom. The number of nitrogens with zero attached hydrogens (tertiary/aromatic N) is 2. The van der Waals surface area contributed by atoms with E-state index in [0.717, 1.165) is 32.9 Å². The fraction of sp³-hybridized carbons (Fsp3) is 0.167. The summed E-state index contributed by atoms with van der Waals surface area (Å²) in [5.41, 5.74) is 4.12. The maximum atomic E-state index is 12.2. The molecule has 6 nitrogen and oxygen atoms in total. The Balaban J connectivity index is 1.26. The van der Waals surface area contributed by atoms with Crippen molar-refractivity contribution in [2.45, 2.75) is 19.8 Å². The van der Waals surface area contributed by atoms with E-state index in [1.807, 2.05) is 66.9 Å². The van der Waals surface area contributed by atoms with Crippen molar-refractivity contribution in [3.05, 3.63) is 76.7 Å². The van der Waals surface area contributed by atoms with Crippen molar-refractivity contribution in [3.8, 4) is 11.3 Å². The first-order valence-electron chi connectivity index (χ1n) is 9.89. The molecule has 1 amide bonds. The number of carbonyl (C=O) groups is 2. The Hall–Kier alpha value is -3.58. The number of esters is 1. The van der Waals surface area contributed by atoms with Crippen LogP contribution in [0.15, 0.2) is 66.0 Å². The van der Waals surface area contributed by atoms with E-state index in [2.05, 4.69) is 15.3 Å². The summed E-state index contributed by atoms with van der Waals surface area (Å²) in [6.45, 7) is 1.62. The van der Waals surface area contributed by atoms with Crippen molar-refractivity contribution in [2.24, 2.45) is 0 Å². The molecule has 0 unspecified atom stereocenters. The molecule has 0 aliphatic rings. The molecule has 2 heterocycles. The van der Waals surface area contributed by atoms with E-state index >= 15 is 0 Å². The van der Waals surface area contributed by atoms with E-state index in [0.29, 0.717) is 12.1 Å². The van der Waals surface area contributed by atoms with Crippen molar-refractivity contribution < 1.29 is 14.3 Å². The van der Waals surface area contributed by atoms with Gasteiger partial charge in [0.25, 0.3) is 5.91 Å². The topological polar surface area (TPSA) is 81.2 Å². The predicted molar refractivity (Wildman–Crippen MR) is 122 cm³/mol. The zero-order valence-corrected chi connectivity index (χ0v) is 17.8.